The summed E-state index contributed by atoms with van der Waals surface area (Å²) < 4.78 is 0. The number of rotatable bonds is 5. The van der Waals surface area contributed by atoms with Crippen LogP contribution < -0.4 is 5.90 Å². The van der Waals surface area contributed by atoms with Gasteiger partial charge in [-0.05, 0) is 12.0 Å². The maximum Gasteiger partial charge on any atom is 0.0719 e. The SMILES string of the molecule is C=C/C=C(\C=C)CCON. The summed E-state index contributed by atoms with van der Waals surface area (Å²) in [5, 5.41) is 0. The Kier molecular flexibility index (Phi) is 5.72. The van der Waals surface area contributed by atoms with Crippen molar-refractivity contribution in [2.45, 2.75) is 6.42 Å². The summed E-state index contributed by atoms with van der Waals surface area (Å²) in [4.78, 5) is 4.40. The van der Waals surface area contributed by atoms with Crippen molar-refractivity contribution in [2.75, 3.05) is 6.61 Å². The first-order chi connectivity index (χ1) is 4.85. The second-order valence-electron chi connectivity index (χ2n) is 1.80. The van der Waals surface area contributed by atoms with Gasteiger partial charge in [0.25, 0.3) is 0 Å². The zero-order chi connectivity index (χ0) is 7.82. The van der Waals surface area contributed by atoms with E-state index >= 15 is 0 Å². The molecule has 0 rings (SSSR count). The fourth-order valence-corrected chi connectivity index (χ4v) is 0.582. The van der Waals surface area contributed by atoms with Gasteiger partial charge < -0.3 is 4.84 Å². The predicted octanol–water partition coefficient (Wildman–Crippen LogP) is 1.57. The summed E-state index contributed by atoms with van der Waals surface area (Å²) in [6, 6.07) is 0. The van der Waals surface area contributed by atoms with Crippen molar-refractivity contribution in [2.24, 2.45) is 5.90 Å². The normalized spacial score (nSPS) is 11.1. The van der Waals surface area contributed by atoms with E-state index < -0.39 is 0 Å². The molecule has 0 amide bonds. The Morgan fingerprint density at radius 3 is 2.60 bits per heavy atom. The number of allylic oxidation sites excluding steroid dienone is 3. The molecule has 0 radical (unpaired) electrons. The van der Waals surface area contributed by atoms with Crippen molar-refractivity contribution in [3.8, 4) is 0 Å². The molecule has 0 bridgehead atoms. The number of hydrogen-bond acceptors (Lipinski definition) is 2. The third kappa shape index (κ3) is 4.06. The predicted molar refractivity (Wildman–Crippen MR) is 43.2 cm³/mol. The molecule has 0 aliphatic carbocycles. The third-order valence-corrected chi connectivity index (χ3v) is 1.10. The van der Waals surface area contributed by atoms with Crippen LogP contribution in [0.25, 0.3) is 0 Å². The second-order valence-corrected chi connectivity index (χ2v) is 1.80. The zero-order valence-corrected chi connectivity index (χ0v) is 6.05. The molecule has 0 aliphatic heterocycles. The lowest BCUT2D eigenvalue weighted by atomic mass is 10.2. The molecule has 0 heterocycles. The second kappa shape index (κ2) is 6.26. The molecule has 0 atom stereocenters. The van der Waals surface area contributed by atoms with Gasteiger partial charge in [0.15, 0.2) is 0 Å². The van der Waals surface area contributed by atoms with Crippen LogP contribution >= 0.6 is 0 Å². The average molecular weight is 139 g/mol. The van der Waals surface area contributed by atoms with Crippen molar-refractivity contribution in [1.82, 2.24) is 0 Å². The molecule has 56 valence electrons. The van der Waals surface area contributed by atoms with Crippen LogP contribution in [0.1, 0.15) is 6.42 Å². The molecule has 0 aromatic carbocycles. The van der Waals surface area contributed by atoms with Gasteiger partial charge in [0, 0.05) is 0 Å². The Hall–Kier alpha value is -0.860. The first kappa shape index (κ1) is 9.14. The highest BCUT2D eigenvalue weighted by Gasteiger charge is 1.88. The first-order valence-corrected chi connectivity index (χ1v) is 3.11. The van der Waals surface area contributed by atoms with Gasteiger partial charge in [-0.3, -0.25) is 0 Å². The molecule has 2 N–H and O–H groups in total. The van der Waals surface area contributed by atoms with Gasteiger partial charge in [-0.2, -0.15) is 0 Å². The van der Waals surface area contributed by atoms with Crippen molar-refractivity contribution in [3.63, 3.8) is 0 Å². The van der Waals surface area contributed by atoms with E-state index in [0.717, 1.165) is 12.0 Å². The number of hydrogen-bond donors (Lipinski definition) is 1. The molecule has 2 nitrogen and oxygen atoms in total. The summed E-state index contributed by atoms with van der Waals surface area (Å²) >= 11 is 0. The lowest BCUT2D eigenvalue weighted by Crippen LogP contribution is -2.00. The summed E-state index contributed by atoms with van der Waals surface area (Å²) in [5.41, 5.74) is 1.08. The fourth-order valence-electron chi connectivity index (χ4n) is 0.582. The van der Waals surface area contributed by atoms with Crippen LogP contribution in [-0.4, -0.2) is 6.61 Å². The van der Waals surface area contributed by atoms with Gasteiger partial charge in [-0.15, -0.1) is 0 Å². The van der Waals surface area contributed by atoms with E-state index in [4.69, 9.17) is 5.90 Å². The van der Waals surface area contributed by atoms with Crippen LogP contribution in [0.3, 0.4) is 0 Å². The maximum absolute atomic E-state index is 4.84. The van der Waals surface area contributed by atoms with Crippen LogP contribution in [0.4, 0.5) is 0 Å². The Labute approximate surface area is 61.6 Å². The summed E-state index contributed by atoms with van der Waals surface area (Å²) in [6.45, 7) is 7.70. The van der Waals surface area contributed by atoms with Crippen molar-refractivity contribution >= 4 is 0 Å². The Balaban J connectivity index is 3.70. The van der Waals surface area contributed by atoms with Crippen molar-refractivity contribution in [1.29, 1.82) is 0 Å². The van der Waals surface area contributed by atoms with E-state index in [1.807, 2.05) is 6.08 Å². The lowest BCUT2D eigenvalue weighted by Gasteiger charge is -1.97. The lowest BCUT2D eigenvalue weighted by molar-refractivity contribution is 0.141. The van der Waals surface area contributed by atoms with E-state index in [1.54, 1.807) is 12.2 Å². The smallest absolute Gasteiger partial charge is 0.0719 e. The molecular formula is C8H13NO. The van der Waals surface area contributed by atoms with Crippen molar-refractivity contribution in [3.05, 3.63) is 37.0 Å². The van der Waals surface area contributed by atoms with E-state index in [-0.39, 0.29) is 0 Å². The van der Waals surface area contributed by atoms with Gasteiger partial charge in [-0.25, -0.2) is 5.90 Å². The fraction of sp³-hybridized carbons (Fsp3) is 0.250. The van der Waals surface area contributed by atoms with Crippen LogP contribution in [0.5, 0.6) is 0 Å². The highest BCUT2D eigenvalue weighted by molar-refractivity contribution is 5.20. The quantitative estimate of drug-likeness (QED) is 0.463. The van der Waals surface area contributed by atoms with Crippen molar-refractivity contribution < 1.29 is 4.84 Å². The summed E-state index contributed by atoms with van der Waals surface area (Å²) in [6.07, 6.45) is 6.15. The minimum absolute atomic E-state index is 0.520. The molecule has 10 heavy (non-hydrogen) atoms. The largest absolute Gasteiger partial charge is 0.304 e. The highest BCUT2D eigenvalue weighted by Crippen LogP contribution is 2.01. The minimum Gasteiger partial charge on any atom is -0.304 e. The molecule has 2 heteroatoms. The Bertz CT molecular complexity index is 138. The van der Waals surface area contributed by atoms with E-state index in [9.17, 15) is 0 Å². The number of nitrogens with two attached hydrogens (primary N) is 1. The molecule has 0 aromatic rings. The molecule has 0 aliphatic rings. The average Bonchev–Trinajstić information content (AvgIpc) is 1.98. The summed E-state index contributed by atoms with van der Waals surface area (Å²) in [5.74, 6) is 4.84. The first-order valence-electron chi connectivity index (χ1n) is 3.11. The molecule has 0 spiro atoms. The van der Waals surface area contributed by atoms with Crippen LogP contribution in [0.15, 0.2) is 37.0 Å². The van der Waals surface area contributed by atoms with Gasteiger partial charge in [0.2, 0.25) is 0 Å². The summed E-state index contributed by atoms with van der Waals surface area (Å²) in [7, 11) is 0. The van der Waals surface area contributed by atoms with Crippen LogP contribution in [0.2, 0.25) is 0 Å². The molecule has 0 fully saturated rings. The van der Waals surface area contributed by atoms with Gasteiger partial charge in [0.05, 0.1) is 6.61 Å². The molecule has 0 saturated carbocycles. The molecule has 0 unspecified atom stereocenters. The Morgan fingerprint density at radius 1 is 1.50 bits per heavy atom. The minimum atomic E-state index is 0.520. The monoisotopic (exact) mass is 139 g/mol. The standard InChI is InChI=1S/C8H13NO/c1-3-5-8(4-2)6-7-10-9/h3-5H,1-2,6-7,9H2/b8-5+. The zero-order valence-electron chi connectivity index (χ0n) is 6.05. The topological polar surface area (TPSA) is 35.2 Å². The van der Waals surface area contributed by atoms with Crippen LogP contribution in [-0.2, 0) is 4.84 Å². The van der Waals surface area contributed by atoms with Crippen LogP contribution in [0, 0.1) is 0 Å². The maximum atomic E-state index is 4.84. The Morgan fingerprint density at radius 2 is 2.20 bits per heavy atom. The molecule has 0 aromatic heterocycles. The molecule has 0 saturated heterocycles. The van der Waals surface area contributed by atoms with E-state index in [0.29, 0.717) is 6.61 Å². The van der Waals surface area contributed by atoms with Gasteiger partial charge >= 0.3 is 0 Å². The molecular weight excluding hydrogens is 126 g/mol. The third-order valence-electron chi connectivity index (χ3n) is 1.10. The highest BCUT2D eigenvalue weighted by atomic mass is 16.6. The van der Waals surface area contributed by atoms with Gasteiger partial charge in [-0.1, -0.05) is 31.4 Å². The van der Waals surface area contributed by atoms with E-state index in [2.05, 4.69) is 18.0 Å². The van der Waals surface area contributed by atoms with Gasteiger partial charge in [0.1, 0.15) is 0 Å². The van der Waals surface area contributed by atoms with E-state index in [1.165, 1.54) is 0 Å².